The molecule has 4 aromatic rings. The maximum absolute atomic E-state index is 4.84. The minimum absolute atomic E-state index is 0.655. The number of hydrogen-bond donors (Lipinski definition) is 0. The van der Waals surface area contributed by atoms with E-state index < -0.39 is 0 Å². The van der Waals surface area contributed by atoms with E-state index in [0.717, 1.165) is 33.4 Å². The fraction of sp³-hybridized carbons (Fsp3) is 0.0952. The minimum atomic E-state index is 0.655. The summed E-state index contributed by atoms with van der Waals surface area (Å²) in [5.41, 5.74) is 6.19. The summed E-state index contributed by atoms with van der Waals surface area (Å²) < 4.78 is 0. The maximum Gasteiger partial charge on any atom is 0.178 e. The van der Waals surface area contributed by atoms with Gasteiger partial charge in [0.25, 0.3) is 0 Å². The van der Waals surface area contributed by atoms with Crippen LogP contribution in [0.3, 0.4) is 0 Å². The molecule has 4 rings (SSSR count). The molecule has 0 unspecified atom stereocenters. The van der Waals surface area contributed by atoms with Gasteiger partial charge in [0.2, 0.25) is 0 Å². The molecule has 0 N–H and O–H groups in total. The van der Waals surface area contributed by atoms with Crippen LogP contribution < -0.4 is 0 Å². The van der Waals surface area contributed by atoms with E-state index in [9.17, 15) is 0 Å². The topological polar surface area (TPSA) is 38.7 Å². The molecule has 0 aliphatic carbocycles. The Morgan fingerprint density at radius 3 is 2.54 bits per heavy atom. The van der Waals surface area contributed by atoms with Crippen molar-refractivity contribution in [3.05, 3.63) is 78.0 Å². The first-order valence-electron chi connectivity index (χ1n) is 7.97. The van der Waals surface area contributed by atoms with E-state index in [1.54, 1.807) is 0 Å². The third-order valence-electron chi connectivity index (χ3n) is 4.11. The summed E-state index contributed by atoms with van der Waals surface area (Å²) in [4.78, 5) is 14.0. The molecular weight excluding hydrogens is 294 g/mol. The third-order valence-corrected chi connectivity index (χ3v) is 4.11. The molecule has 0 saturated carbocycles. The molecule has 0 radical (unpaired) electrons. The molecule has 2 heterocycles. The molecule has 0 aliphatic heterocycles. The standard InChI is InChI=1S/C21H17N3/c1-14-6-5-8-16(12-14)20-15(2)10-11-19(23-20)21-22-13-17-7-3-4-9-18(17)24-21/h3-13H,1-2H3. The number of aromatic nitrogens is 3. The summed E-state index contributed by atoms with van der Waals surface area (Å²) in [5.74, 6) is 0.655. The lowest BCUT2D eigenvalue weighted by atomic mass is 10.0. The molecule has 116 valence electrons. The normalized spacial score (nSPS) is 10.9. The van der Waals surface area contributed by atoms with Gasteiger partial charge in [-0.3, -0.25) is 0 Å². The van der Waals surface area contributed by atoms with Gasteiger partial charge >= 0.3 is 0 Å². The first-order valence-corrected chi connectivity index (χ1v) is 7.97. The lowest BCUT2D eigenvalue weighted by Gasteiger charge is -2.09. The second kappa shape index (κ2) is 5.85. The number of fused-ring (bicyclic) bond motifs is 1. The largest absolute Gasteiger partial charge is 0.244 e. The van der Waals surface area contributed by atoms with Crippen LogP contribution in [0.5, 0.6) is 0 Å². The van der Waals surface area contributed by atoms with E-state index in [4.69, 9.17) is 4.98 Å². The molecular formula is C21H17N3. The van der Waals surface area contributed by atoms with Gasteiger partial charge in [-0.05, 0) is 37.6 Å². The fourth-order valence-corrected chi connectivity index (χ4v) is 2.83. The van der Waals surface area contributed by atoms with E-state index in [2.05, 4.69) is 54.1 Å². The number of nitrogens with zero attached hydrogens (tertiary/aromatic N) is 3. The Hall–Kier alpha value is -3.07. The Balaban J connectivity index is 1.85. The highest BCUT2D eigenvalue weighted by atomic mass is 14.9. The molecule has 0 fully saturated rings. The van der Waals surface area contributed by atoms with E-state index >= 15 is 0 Å². The van der Waals surface area contributed by atoms with Crippen LogP contribution in [0.25, 0.3) is 33.7 Å². The molecule has 3 heteroatoms. The van der Waals surface area contributed by atoms with Crippen molar-refractivity contribution >= 4 is 10.9 Å². The van der Waals surface area contributed by atoms with Crippen LogP contribution in [0.4, 0.5) is 0 Å². The summed E-state index contributed by atoms with van der Waals surface area (Å²) in [6, 6.07) is 20.5. The van der Waals surface area contributed by atoms with Gasteiger partial charge in [-0.2, -0.15) is 0 Å². The summed E-state index contributed by atoms with van der Waals surface area (Å²) in [6.45, 7) is 4.17. The van der Waals surface area contributed by atoms with Crippen molar-refractivity contribution in [3.8, 4) is 22.8 Å². The monoisotopic (exact) mass is 311 g/mol. The van der Waals surface area contributed by atoms with Crippen molar-refractivity contribution in [3.63, 3.8) is 0 Å². The van der Waals surface area contributed by atoms with Crippen molar-refractivity contribution in [2.24, 2.45) is 0 Å². The number of benzene rings is 2. The molecule has 3 nitrogen and oxygen atoms in total. The van der Waals surface area contributed by atoms with Crippen LogP contribution in [0.15, 0.2) is 66.9 Å². The van der Waals surface area contributed by atoms with E-state index in [1.165, 1.54) is 5.56 Å². The Labute approximate surface area is 141 Å². The van der Waals surface area contributed by atoms with Crippen LogP contribution in [0.1, 0.15) is 11.1 Å². The van der Waals surface area contributed by atoms with E-state index in [-0.39, 0.29) is 0 Å². The van der Waals surface area contributed by atoms with Gasteiger partial charge in [-0.1, -0.05) is 48.0 Å². The van der Waals surface area contributed by atoms with Gasteiger partial charge in [-0.15, -0.1) is 0 Å². The predicted octanol–water partition coefficient (Wildman–Crippen LogP) is 4.98. The molecule has 0 saturated heterocycles. The zero-order valence-electron chi connectivity index (χ0n) is 13.7. The van der Waals surface area contributed by atoms with Crippen LogP contribution >= 0.6 is 0 Å². The van der Waals surface area contributed by atoms with Gasteiger partial charge in [0, 0.05) is 17.1 Å². The average molecular weight is 311 g/mol. The quantitative estimate of drug-likeness (QED) is 0.524. The highest BCUT2D eigenvalue weighted by molar-refractivity contribution is 5.79. The second-order valence-electron chi connectivity index (χ2n) is 5.98. The van der Waals surface area contributed by atoms with Crippen molar-refractivity contribution in [2.45, 2.75) is 13.8 Å². The molecule has 0 aliphatic rings. The molecule has 0 bridgehead atoms. The van der Waals surface area contributed by atoms with Gasteiger partial charge in [0.1, 0.15) is 5.69 Å². The number of hydrogen-bond acceptors (Lipinski definition) is 3. The first-order chi connectivity index (χ1) is 11.7. The number of pyridine rings is 1. The lowest BCUT2D eigenvalue weighted by Crippen LogP contribution is -1.96. The highest BCUT2D eigenvalue weighted by Gasteiger charge is 2.09. The van der Waals surface area contributed by atoms with Crippen LogP contribution in [-0.4, -0.2) is 15.0 Å². The molecule has 24 heavy (non-hydrogen) atoms. The van der Waals surface area contributed by atoms with Crippen LogP contribution in [-0.2, 0) is 0 Å². The Morgan fingerprint density at radius 1 is 0.792 bits per heavy atom. The summed E-state index contributed by atoms with van der Waals surface area (Å²) in [7, 11) is 0. The summed E-state index contributed by atoms with van der Waals surface area (Å²) in [5, 5.41) is 1.03. The fourth-order valence-electron chi connectivity index (χ4n) is 2.83. The summed E-state index contributed by atoms with van der Waals surface area (Å²) in [6.07, 6.45) is 1.85. The SMILES string of the molecule is Cc1cccc(-c2nc(-c3ncc4ccccc4n3)ccc2C)c1. The van der Waals surface area contributed by atoms with Gasteiger partial charge in [-0.25, -0.2) is 15.0 Å². The second-order valence-corrected chi connectivity index (χ2v) is 5.98. The van der Waals surface area contributed by atoms with Crippen LogP contribution in [0, 0.1) is 13.8 Å². The predicted molar refractivity (Wildman–Crippen MR) is 97.7 cm³/mol. The number of para-hydroxylation sites is 1. The molecule has 0 spiro atoms. The van der Waals surface area contributed by atoms with E-state index in [0.29, 0.717) is 5.82 Å². The van der Waals surface area contributed by atoms with Gasteiger partial charge < -0.3 is 0 Å². The Morgan fingerprint density at radius 2 is 1.67 bits per heavy atom. The minimum Gasteiger partial charge on any atom is -0.244 e. The van der Waals surface area contributed by atoms with Crippen molar-refractivity contribution in [1.29, 1.82) is 0 Å². The number of aryl methyl sites for hydroxylation is 2. The molecule has 2 aromatic heterocycles. The zero-order valence-corrected chi connectivity index (χ0v) is 13.7. The first kappa shape index (κ1) is 14.5. The Kier molecular flexibility index (Phi) is 3.54. The van der Waals surface area contributed by atoms with Crippen molar-refractivity contribution in [1.82, 2.24) is 15.0 Å². The molecule has 0 amide bonds. The van der Waals surface area contributed by atoms with Crippen LogP contribution in [0.2, 0.25) is 0 Å². The summed E-state index contributed by atoms with van der Waals surface area (Å²) >= 11 is 0. The smallest absolute Gasteiger partial charge is 0.178 e. The molecule has 2 aromatic carbocycles. The number of rotatable bonds is 2. The highest BCUT2D eigenvalue weighted by Crippen LogP contribution is 2.25. The Bertz CT molecular complexity index is 1040. The maximum atomic E-state index is 4.84. The van der Waals surface area contributed by atoms with Crippen molar-refractivity contribution in [2.75, 3.05) is 0 Å². The van der Waals surface area contributed by atoms with E-state index in [1.807, 2.05) is 36.5 Å². The average Bonchev–Trinajstić information content (AvgIpc) is 2.62. The van der Waals surface area contributed by atoms with Gasteiger partial charge in [0.05, 0.1) is 11.2 Å². The van der Waals surface area contributed by atoms with Gasteiger partial charge in [0.15, 0.2) is 5.82 Å². The third kappa shape index (κ3) is 2.65. The lowest BCUT2D eigenvalue weighted by molar-refractivity contribution is 1.17. The molecule has 0 atom stereocenters. The zero-order chi connectivity index (χ0) is 16.5. The van der Waals surface area contributed by atoms with Crippen molar-refractivity contribution < 1.29 is 0 Å².